The molecule has 0 unspecified atom stereocenters. The van der Waals surface area contributed by atoms with Gasteiger partial charge in [0.05, 0.1) is 16.3 Å². The second kappa shape index (κ2) is 10.0. The van der Waals surface area contributed by atoms with E-state index in [0.717, 1.165) is 30.3 Å². The minimum Gasteiger partial charge on any atom is -0.505 e. The topological polar surface area (TPSA) is 222 Å². The van der Waals surface area contributed by atoms with Crippen LogP contribution in [-0.2, 0) is 20.2 Å². The number of nitro groups is 1. The summed E-state index contributed by atoms with van der Waals surface area (Å²) in [6.07, 6.45) is 0. The van der Waals surface area contributed by atoms with Crippen LogP contribution in [0.15, 0.2) is 103 Å². The quantitative estimate of drug-likeness (QED) is 0.108. The molecule has 14 nitrogen and oxygen atoms in total. The molecular weight excluding hydrogens is 542 g/mol. The fraction of sp³-hybridized carbons (Fsp3) is 0. The number of fused-ring (bicyclic) bond motifs is 1. The second-order valence-electron chi connectivity index (χ2n) is 7.57. The standard InChI is InChI=1S/C22H15N5O9S2/c28-22-17-12-18(25-23-15-6-8-16(9-7-15)27(29)30)19(37(31,32)33)10-13(17)11-20(38(34,35)36)21(22)26-24-14-4-2-1-3-5-14/h1-12,28H,(H,31,32,33)(H,34,35,36). The summed E-state index contributed by atoms with van der Waals surface area (Å²) in [7, 11) is -9.93. The normalized spacial score (nSPS) is 12.5. The number of azo groups is 2. The molecule has 0 heterocycles. The van der Waals surface area contributed by atoms with E-state index in [-0.39, 0.29) is 22.1 Å². The van der Waals surface area contributed by atoms with Crippen molar-refractivity contribution in [3.8, 4) is 5.75 Å². The van der Waals surface area contributed by atoms with Crippen molar-refractivity contribution in [1.82, 2.24) is 0 Å². The lowest BCUT2D eigenvalue weighted by Gasteiger charge is -2.11. The Morgan fingerprint density at radius 3 is 1.84 bits per heavy atom. The van der Waals surface area contributed by atoms with Crippen molar-refractivity contribution in [2.24, 2.45) is 20.5 Å². The fourth-order valence-electron chi connectivity index (χ4n) is 3.30. The van der Waals surface area contributed by atoms with Crippen molar-refractivity contribution < 1.29 is 36.0 Å². The van der Waals surface area contributed by atoms with Crippen LogP contribution in [0, 0.1) is 10.1 Å². The third-order valence-electron chi connectivity index (χ3n) is 5.04. The zero-order valence-corrected chi connectivity index (χ0v) is 20.4. The van der Waals surface area contributed by atoms with Gasteiger partial charge in [-0.05, 0) is 47.9 Å². The summed E-state index contributed by atoms with van der Waals surface area (Å²) in [5, 5.41) is 36.5. The van der Waals surface area contributed by atoms with Gasteiger partial charge in [0.15, 0.2) is 5.75 Å². The predicted molar refractivity (Wildman–Crippen MR) is 133 cm³/mol. The number of rotatable bonds is 7. The maximum Gasteiger partial charge on any atom is 0.296 e. The van der Waals surface area contributed by atoms with Gasteiger partial charge in [0, 0.05) is 17.5 Å². The number of phenolic OH excluding ortho intramolecular Hbond substituents is 1. The van der Waals surface area contributed by atoms with Crippen LogP contribution in [0.3, 0.4) is 0 Å². The molecule has 0 fully saturated rings. The molecule has 0 aliphatic rings. The Morgan fingerprint density at radius 1 is 0.711 bits per heavy atom. The molecule has 3 N–H and O–H groups in total. The number of nitrogens with zero attached hydrogens (tertiary/aromatic N) is 5. The van der Waals surface area contributed by atoms with E-state index in [1.807, 2.05) is 0 Å². The van der Waals surface area contributed by atoms with E-state index in [0.29, 0.717) is 5.69 Å². The molecule has 16 heteroatoms. The summed E-state index contributed by atoms with van der Waals surface area (Å²) in [6, 6.07) is 15.5. The molecule has 0 amide bonds. The summed E-state index contributed by atoms with van der Waals surface area (Å²) in [4.78, 5) is 8.51. The predicted octanol–water partition coefficient (Wildman–Crippen LogP) is 5.78. The maximum atomic E-state index is 12.0. The van der Waals surface area contributed by atoms with Gasteiger partial charge in [-0.15, -0.1) is 10.2 Å². The van der Waals surface area contributed by atoms with Gasteiger partial charge in [0.2, 0.25) is 0 Å². The Bertz CT molecular complexity index is 1840. The van der Waals surface area contributed by atoms with Crippen molar-refractivity contribution >= 4 is 59.4 Å². The van der Waals surface area contributed by atoms with Crippen molar-refractivity contribution in [2.75, 3.05) is 0 Å². The zero-order valence-electron chi connectivity index (χ0n) is 18.8. The molecule has 4 rings (SSSR count). The highest BCUT2D eigenvalue weighted by atomic mass is 32.2. The summed E-state index contributed by atoms with van der Waals surface area (Å²) in [6.45, 7) is 0. The van der Waals surface area contributed by atoms with Crippen molar-refractivity contribution in [1.29, 1.82) is 0 Å². The monoisotopic (exact) mass is 557 g/mol. The molecule has 4 aromatic carbocycles. The molecule has 0 atom stereocenters. The number of phenols is 1. The molecule has 0 bridgehead atoms. The van der Waals surface area contributed by atoms with Crippen LogP contribution in [0.2, 0.25) is 0 Å². The van der Waals surface area contributed by atoms with E-state index in [2.05, 4.69) is 20.5 Å². The van der Waals surface area contributed by atoms with Crippen molar-refractivity contribution in [2.45, 2.75) is 9.79 Å². The molecule has 0 saturated heterocycles. The third-order valence-corrected chi connectivity index (χ3v) is 6.79. The SMILES string of the molecule is O=[N+]([O-])c1ccc(N=Nc2cc3c(O)c(N=Nc4ccccc4)c(S(=O)(=O)O)cc3cc2S(=O)(=O)O)cc1. The zero-order chi connectivity index (χ0) is 27.7. The van der Waals surface area contributed by atoms with E-state index in [9.17, 15) is 41.2 Å². The first-order valence-corrected chi connectivity index (χ1v) is 13.1. The number of hydrogen-bond donors (Lipinski definition) is 3. The van der Waals surface area contributed by atoms with E-state index in [4.69, 9.17) is 0 Å². The molecule has 38 heavy (non-hydrogen) atoms. The van der Waals surface area contributed by atoms with E-state index < -0.39 is 52.1 Å². The minimum atomic E-state index is -4.98. The molecule has 0 radical (unpaired) electrons. The molecule has 0 aliphatic heterocycles. The van der Waals surface area contributed by atoms with Gasteiger partial charge in [-0.2, -0.15) is 27.1 Å². The van der Waals surface area contributed by atoms with E-state index in [1.54, 1.807) is 30.3 Å². The lowest BCUT2D eigenvalue weighted by Crippen LogP contribution is -2.01. The van der Waals surface area contributed by atoms with Crippen LogP contribution in [0.25, 0.3) is 10.8 Å². The molecular formula is C22H15N5O9S2. The Morgan fingerprint density at radius 2 is 1.26 bits per heavy atom. The van der Waals surface area contributed by atoms with Crippen LogP contribution >= 0.6 is 0 Å². The average Bonchev–Trinajstić information content (AvgIpc) is 2.86. The average molecular weight is 558 g/mol. The Balaban J connectivity index is 1.92. The van der Waals surface area contributed by atoms with Gasteiger partial charge in [-0.25, -0.2) is 0 Å². The molecule has 4 aromatic rings. The molecule has 0 aromatic heterocycles. The highest BCUT2D eigenvalue weighted by molar-refractivity contribution is 7.86. The summed E-state index contributed by atoms with van der Waals surface area (Å²) < 4.78 is 67.6. The number of benzene rings is 4. The number of nitro benzene ring substituents is 1. The number of aromatic hydroxyl groups is 1. The van der Waals surface area contributed by atoms with Crippen molar-refractivity contribution in [3.05, 3.63) is 82.9 Å². The molecule has 0 saturated carbocycles. The maximum absolute atomic E-state index is 12.0. The first-order chi connectivity index (χ1) is 17.8. The Hall–Kier alpha value is -4.64. The number of hydrogen-bond acceptors (Lipinski definition) is 11. The molecule has 0 spiro atoms. The first-order valence-electron chi connectivity index (χ1n) is 10.3. The fourth-order valence-corrected chi connectivity index (χ4v) is 4.59. The summed E-state index contributed by atoms with van der Waals surface area (Å²) >= 11 is 0. The number of non-ortho nitro benzene ring substituents is 1. The largest absolute Gasteiger partial charge is 0.505 e. The minimum absolute atomic E-state index is 0.0975. The third kappa shape index (κ3) is 5.68. The van der Waals surface area contributed by atoms with Gasteiger partial charge < -0.3 is 5.11 Å². The summed E-state index contributed by atoms with van der Waals surface area (Å²) in [5.74, 6) is -0.788. The smallest absolute Gasteiger partial charge is 0.296 e. The highest BCUT2D eigenvalue weighted by Crippen LogP contribution is 2.44. The lowest BCUT2D eigenvalue weighted by atomic mass is 10.1. The second-order valence-corrected chi connectivity index (χ2v) is 10.4. The first kappa shape index (κ1) is 26.4. The van der Waals surface area contributed by atoms with Gasteiger partial charge in [-0.3, -0.25) is 19.2 Å². The van der Waals surface area contributed by atoms with E-state index in [1.165, 1.54) is 12.1 Å². The van der Waals surface area contributed by atoms with Gasteiger partial charge in [-0.1, -0.05) is 18.2 Å². The highest BCUT2D eigenvalue weighted by Gasteiger charge is 2.25. The van der Waals surface area contributed by atoms with Crippen LogP contribution in [0.1, 0.15) is 0 Å². The van der Waals surface area contributed by atoms with Crippen LogP contribution in [-0.4, -0.2) is 36.0 Å². The van der Waals surface area contributed by atoms with Gasteiger partial charge >= 0.3 is 0 Å². The summed E-state index contributed by atoms with van der Waals surface area (Å²) in [5.41, 5.74) is -0.918. The molecule has 194 valence electrons. The van der Waals surface area contributed by atoms with Crippen LogP contribution in [0.5, 0.6) is 5.75 Å². The Labute approximate surface area is 214 Å². The molecule has 0 aliphatic carbocycles. The van der Waals surface area contributed by atoms with Crippen LogP contribution < -0.4 is 0 Å². The van der Waals surface area contributed by atoms with Gasteiger partial charge in [0.1, 0.15) is 21.2 Å². The Kier molecular flexibility index (Phi) is 6.97. The lowest BCUT2D eigenvalue weighted by molar-refractivity contribution is -0.384. The van der Waals surface area contributed by atoms with Gasteiger partial charge in [0.25, 0.3) is 25.9 Å². The van der Waals surface area contributed by atoms with Crippen LogP contribution in [0.4, 0.5) is 28.4 Å². The van der Waals surface area contributed by atoms with E-state index >= 15 is 0 Å². The van der Waals surface area contributed by atoms with Crippen molar-refractivity contribution in [3.63, 3.8) is 0 Å².